The third kappa shape index (κ3) is 7.02. The van der Waals surface area contributed by atoms with E-state index in [0.717, 1.165) is 17.0 Å². The summed E-state index contributed by atoms with van der Waals surface area (Å²) in [6.45, 7) is 8.47. The number of thioether (sulfide) groups is 1. The summed E-state index contributed by atoms with van der Waals surface area (Å²) in [7, 11) is 0. The lowest BCUT2D eigenvalue weighted by Crippen LogP contribution is -2.41. The second-order valence-electron chi connectivity index (χ2n) is 9.16. The molecule has 0 aliphatic rings. The highest BCUT2D eigenvalue weighted by atomic mass is 35.5. The molecule has 7 nitrogen and oxygen atoms in total. The van der Waals surface area contributed by atoms with Gasteiger partial charge in [-0.05, 0) is 49.1 Å². The Morgan fingerprint density at radius 2 is 1.77 bits per heavy atom. The van der Waals surface area contributed by atoms with Crippen molar-refractivity contribution < 1.29 is 9.59 Å². The van der Waals surface area contributed by atoms with Crippen LogP contribution in [-0.2, 0) is 10.2 Å². The van der Waals surface area contributed by atoms with Crippen LogP contribution in [0.15, 0.2) is 59.5 Å². The number of benzene rings is 2. The summed E-state index contributed by atoms with van der Waals surface area (Å²) >= 11 is 8.05. The summed E-state index contributed by atoms with van der Waals surface area (Å²) < 4.78 is 1.64. The molecular weight excluding hydrogens is 482 g/mol. The zero-order valence-corrected chi connectivity index (χ0v) is 22.3. The van der Waals surface area contributed by atoms with Crippen LogP contribution in [0.5, 0.6) is 0 Å². The van der Waals surface area contributed by atoms with Crippen LogP contribution in [0.4, 0.5) is 16.3 Å². The topological polar surface area (TPSA) is 79.3 Å². The van der Waals surface area contributed by atoms with Crippen molar-refractivity contribution in [1.29, 1.82) is 0 Å². The van der Waals surface area contributed by atoms with Gasteiger partial charge in [-0.3, -0.25) is 4.79 Å². The van der Waals surface area contributed by atoms with E-state index in [4.69, 9.17) is 16.7 Å². The van der Waals surface area contributed by atoms with Gasteiger partial charge in [-0.25, -0.2) is 9.48 Å². The number of carbonyl (C=O) groups is 2. The number of hydrogen-bond acceptors (Lipinski definition) is 4. The Morgan fingerprint density at radius 1 is 1.09 bits per heavy atom. The summed E-state index contributed by atoms with van der Waals surface area (Å²) in [5.74, 6) is 0.178. The van der Waals surface area contributed by atoms with Gasteiger partial charge in [0.25, 0.3) is 0 Å². The number of nitrogens with zero attached hydrogens (tertiary/aromatic N) is 3. The van der Waals surface area contributed by atoms with Gasteiger partial charge in [0.2, 0.25) is 5.91 Å². The van der Waals surface area contributed by atoms with Gasteiger partial charge in [0, 0.05) is 28.6 Å². The van der Waals surface area contributed by atoms with Crippen molar-refractivity contribution in [3.63, 3.8) is 0 Å². The fraction of sp³-hybridized carbons (Fsp3) is 0.346. The quantitative estimate of drug-likeness (QED) is 0.340. The first-order valence-electron chi connectivity index (χ1n) is 11.5. The van der Waals surface area contributed by atoms with E-state index < -0.39 is 0 Å². The van der Waals surface area contributed by atoms with E-state index in [1.807, 2.05) is 61.7 Å². The van der Waals surface area contributed by atoms with Gasteiger partial charge in [0.15, 0.2) is 0 Å². The Morgan fingerprint density at radius 3 is 2.37 bits per heavy atom. The molecule has 0 fully saturated rings. The smallest absolute Gasteiger partial charge is 0.315 e. The van der Waals surface area contributed by atoms with Gasteiger partial charge >= 0.3 is 6.03 Å². The molecule has 0 unspecified atom stereocenters. The molecule has 0 bridgehead atoms. The van der Waals surface area contributed by atoms with Crippen molar-refractivity contribution in [2.45, 2.75) is 44.4 Å². The molecule has 186 valence electrons. The highest BCUT2D eigenvalue weighted by molar-refractivity contribution is 7.98. The number of amides is 3. The summed E-state index contributed by atoms with van der Waals surface area (Å²) in [6.07, 6.45) is 2.72. The van der Waals surface area contributed by atoms with E-state index in [-0.39, 0.29) is 23.9 Å². The molecule has 1 heterocycles. The average molecular weight is 514 g/mol. The molecule has 0 spiro atoms. The Hall–Kier alpha value is -2.97. The van der Waals surface area contributed by atoms with Gasteiger partial charge in [0.05, 0.1) is 16.4 Å². The van der Waals surface area contributed by atoms with Gasteiger partial charge < -0.3 is 15.5 Å². The number of carbonyl (C=O) groups excluding carboxylic acids is 2. The largest absolute Gasteiger partial charge is 0.322 e. The molecule has 0 aliphatic heterocycles. The normalized spacial score (nSPS) is 11.3. The first-order chi connectivity index (χ1) is 16.6. The molecule has 3 aromatic rings. The monoisotopic (exact) mass is 513 g/mol. The van der Waals surface area contributed by atoms with Gasteiger partial charge in [0.1, 0.15) is 12.4 Å². The fourth-order valence-corrected chi connectivity index (χ4v) is 4.02. The number of anilines is 2. The molecule has 0 saturated heterocycles. The Kier molecular flexibility index (Phi) is 8.86. The molecule has 3 amide bonds. The predicted octanol–water partition coefficient (Wildman–Crippen LogP) is 6.43. The maximum Gasteiger partial charge on any atom is 0.322 e. The van der Waals surface area contributed by atoms with Crippen LogP contribution >= 0.6 is 23.4 Å². The average Bonchev–Trinajstić information content (AvgIpc) is 3.23. The zero-order valence-electron chi connectivity index (χ0n) is 20.8. The summed E-state index contributed by atoms with van der Waals surface area (Å²) in [5, 5.41) is 11.0. The van der Waals surface area contributed by atoms with Crippen molar-refractivity contribution in [1.82, 2.24) is 14.7 Å². The van der Waals surface area contributed by atoms with Crippen LogP contribution in [-0.4, -0.2) is 46.0 Å². The van der Waals surface area contributed by atoms with Crippen molar-refractivity contribution in [2.75, 3.05) is 30.0 Å². The highest BCUT2D eigenvalue weighted by Crippen LogP contribution is 2.29. The lowest BCUT2D eigenvalue weighted by Gasteiger charge is -2.22. The lowest BCUT2D eigenvalue weighted by molar-refractivity contribution is -0.116. The van der Waals surface area contributed by atoms with Crippen LogP contribution in [0.25, 0.3) is 5.69 Å². The van der Waals surface area contributed by atoms with Crippen molar-refractivity contribution >= 4 is 46.8 Å². The Bertz CT molecular complexity index is 1170. The van der Waals surface area contributed by atoms with Crippen molar-refractivity contribution in [3.05, 3.63) is 65.3 Å². The lowest BCUT2D eigenvalue weighted by atomic mass is 9.92. The number of halogens is 1. The van der Waals surface area contributed by atoms with Gasteiger partial charge in [-0.1, -0.05) is 51.4 Å². The molecule has 0 aliphatic carbocycles. The van der Waals surface area contributed by atoms with Gasteiger partial charge in [-0.15, -0.1) is 11.8 Å². The molecule has 0 saturated carbocycles. The molecule has 35 heavy (non-hydrogen) atoms. The molecule has 2 aromatic carbocycles. The van der Waals surface area contributed by atoms with Crippen molar-refractivity contribution in [2.24, 2.45) is 0 Å². The van der Waals surface area contributed by atoms with Crippen LogP contribution in [0.2, 0.25) is 5.02 Å². The number of rotatable bonds is 8. The molecule has 1 aromatic heterocycles. The van der Waals surface area contributed by atoms with Crippen LogP contribution in [0.3, 0.4) is 0 Å². The van der Waals surface area contributed by atoms with E-state index in [1.54, 1.807) is 22.5 Å². The molecule has 2 N–H and O–H groups in total. The first-order valence-corrected chi connectivity index (χ1v) is 13.1. The molecule has 3 rings (SSSR count). The summed E-state index contributed by atoms with van der Waals surface area (Å²) in [6, 6.07) is 16.4. The minimum absolute atomic E-state index is 0.0961. The maximum absolute atomic E-state index is 13.1. The minimum Gasteiger partial charge on any atom is -0.315 e. The van der Waals surface area contributed by atoms with E-state index in [1.165, 1.54) is 4.90 Å². The standard InChI is InChI=1S/C26H32ClN5O2S/c1-6-15-31(25(34)28-18-11-13-19(35-5)14-12-18)17-24(33)29-23-16-22(26(2,3)4)30-32(23)21-10-8-7-9-20(21)27/h7-14,16H,6,15,17H2,1-5H3,(H,28,34)(H,29,33). The Balaban J connectivity index is 1.78. The van der Waals surface area contributed by atoms with Crippen LogP contribution in [0.1, 0.15) is 39.8 Å². The SMILES string of the molecule is CCCN(CC(=O)Nc1cc(C(C)(C)C)nn1-c1ccccc1Cl)C(=O)Nc1ccc(SC)cc1. The summed E-state index contributed by atoms with van der Waals surface area (Å²) in [5.41, 5.74) is 1.92. The van der Waals surface area contributed by atoms with Crippen LogP contribution in [0, 0.1) is 0 Å². The highest BCUT2D eigenvalue weighted by Gasteiger charge is 2.23. The number of para-hydroxylation sites is 1. The first kappa shape index (κ1) is 26.6. The second kappa shape index (κ2) is 11.6. The van der Waals surface area contributed by atoms with E-state index in [9.17, 15) is 9.59 Å². The third-order valence-electron chi connectivity index (χ3n) is 5.28. The minimum atomic E-state index is -0.325. The predicted molar refractivity (Wildman–Crippen MR) is 145 cm³/mol. The fourth-order valence-electron chi connectivity index (χ4n) is 3.40. The number of aromatic nitrogens is 2. The number of urea groups is 1. The second-order valence-corrected chi connectivity index (χ2v) is 10.4. The van der Waals surface area contributed by atoms with Gasteiger partial charge in [-0.2, -0.15) is 5.10 Å². The van der Waals surface area contributed by atoms with E-state index >= 15 is 0 Å². The zero-order chi connectivity index (χ0) is 25.6. The van der Waals surface area contributed by atoms with E-state index in [2.05, 4.69) is 31.4 Å². The molecule has 0 atom stereocenters. The third-order valence-corrected chi connectivity index (χ3v) is 6.35. The molecular formula is C26H32ClN5O2S. The summed E-state index contributed by atoms with van der Waals surface area (Å²) in [4.78, 5) is 28.6. The Labute approximate surface area is 216 Å². The van der Waals surface area contributed by atoms with E-state index in [0.29, 0.717) is 28.8 Å². The maximum atomic E-state index is 13.1. The van der Waals surface area contributed by atoms with Crippen LogP contribution < -0.4 is 10.6 Å². The molecule has 9 heteroatoms. The van der Waals surface area contributed by atoms with Crippen molar-refractivity contribution in [3.8, 4) is 5.69 Å². The number of hydrogen-bond donors (Lipinski definition) is 2. The molecule has 0 radical (unpaired) electrons. The number of nitrogens with one attached hydrogen (secondary N) is 2.